The summed E-state index contributed by atoms with van der Waals surface area (Å²) in [6.45, 7) is 2.16. The van der Waals surface area contributed by atoms with Crippen molar-refractivity contribution in [3.05, 3.63) is 35.6 Å². The van der Waals surface area contributed by atoms with Crippen molar-refractivity contribution < 1.29 is 17.6 Å². The van der Waals surface area contributed by atoms with Crippen LogP contribution in [0.2, 0.25) is 0 Å². The van der Waals surface area contributed by atoms with Crippen LogP contribution in [-0.4, -0.2) is 49.1 Å². The van der Waals surface area contributed by atoms with Crippen molar-refractivity contribution in [2.24, 2.45) is 5.92 Å². The smallest absolute Gasteiger partial charge is 0.281 e. The fourth-order valence-corrected chi connectivity index (χ4v) is 5.51. The minimum atomic E-state index is -3.50. The van der Waals surface area contributed by atoms with Crippen LogP contribution in [0.3, 0.4) is 0 Å². The van der Waals surface area contributed by atoms with Gasteiger partial charge in [-0.15, -0.1) is 0 Å². The third kappa shape index (κ3) is 5.27. The quantitative estimate of drug-likeness (QED) is 0.829. The van der Waals surface area contributed by atoms with Crippen LogP contribution in [0, 0.1) is 11.7 Å². The number of carbonyl (C=O) groups is 1. The van der Waals surface area contributed by atoms with Crippen LogP contribution in [0.5, 0.6) is 0 Å². The van der Waals surface area contributed by atoms with Gasteiger partial charge in [0.2, 0.25) is 5.91 Å². The van der Waals surface area contributed by atoms with Gasteiger partial charge in [-0.2, -0.15) is 17.0 Å². The molecular weight excluding hydrogens is 369 g/mol. The van der Waals surface area contributed by atoms with Crippen molar-refractivity contribution in [3.63, 3.8) is 0 Å². The summed E-state index contributed by atoms with van der Waals surface area (Å²) in [7, 11) is -3.50. The van der Waals surface area contributed by atoms with E-state index in [4.69, 9.17) is 0 Å². The highest BCUT2D eigenvalue weighted by atomic mass is 32.2. The van der Waals surface area contributed by atoms with Gasteiger partial charge in [0, 0.05) is 32.7 Å². The van der Waals surface area contributed by atoms with Gasteiger partial charge in [-0.3, -0.25) is 4.79 Å². The first kappa shape index (κ1) is 20.2. The molecule has 0 unspecified atom stereocenters. The van der Waals surface area contributed by atoms with Crippen molar-refractivity contribution in [3.8, 4) is 0 Å². The highest BCUT2D eigenvalue weighted by molar-refractivity contribution is 7.86. The first-order chi connectivity index (χ1) is 13.0. The highest BCUT2D eigenvalue weighted by Gasteiger charge is 2.35. The molecule has 0 spiro atoms. The Labute approximate surface area is 160 Å². The number of hydrogen-bond acceptors (Lipinski definition) is 3. The zero-order valence-electron chi connectivity index (χ0n) is 15.6. The molecule has 150 valence electrons. The van der Waals surface area contributed by atoms with Crippen LogP contribution in [0.1, 0.15) is 44.1 Å². The molecule has 8 heteroatoms. The summed E-state index contributed by atoms with van der Waals surface area (Å²) >= 11 is 0. The number of hydrogen-bond donors (Lipinski definition) is 1. The van der Waals surface area contributed by atoms with Gasteiger partial charge in [0.05, 0.1) is 5.92 Å². The largest absolute Gasteiger partial charge is 0.352 e. The summed E-state index contributed by atoms with van der Waals surface area (Å²) in [5.41, 5.74) is 0.814. The van der Waals surface area contributed by atoms with Crippen LogP contribution in [0.25, 0.3) is 0 Å². The topological polar surface area (TPSA) is 69.7 Å². The maximum atomic E-state index is 13.0. The monoisotopic (exact) mass is 397 g/mol. The summed E-state index contributed by atoms with van der Waals surface area (Å²) in [5, 5.41) is 2.85. The summed E-state index contributed by atoms with van der Waals surface area (Å²) < 4.78 is 41.9. The van der Waals surface area contributed by atoms with Crippen LogP contribution in [-0.2, 0) is 21.5 Å². The lowest BCUT2D eigenvalue weighted by atomic mass is 9.99. The Bertz CT molecular complexity index is 731. The van der Waals surface area contributed by atoms with Crippen LogP contribution < -0.4 is 5.32 Å². The van der Waals surface area contributed by atoms with E-state index in [2.05, 4.69) is 5.32 Å². The summed E-state index contributed by atoms with van der Waals surface area (Å²) in [5.74, 6) is -0.803. The highest BCUT2D eigenvalue weighted by Crippen LogP contribution is 2.23. The number of nitrogens with zero attached hydrogens (tertiary/aromatic N) is 2. The average Bonchev–Trinajstić information content (AvgIpc) is 2.97. The molecule has 3 rings (SSSR count). The normalized spacial score (nSPS) is 22.9. The molecular formula is C19H28FN3O3S. The van der Waals surface area contributed by atoms with Gasteiger partial charge in [-0.1, -0.05) is 25.0 Å². The summed E-state index contributed by atoms with van der Waals surface area (Å²) in [4.78, 5) is 12.5. The first-order valence-electron chi connectivity index (χ1n) is 9.74. The number of benzene rings is 1. The SMILES string of the molecule is O=C(NCc1ccc(F)cc1)[C@H]1CCCN(S(=O)(=O)N2CCCCCC2)C1. The van der Waals surface area contributed by atoms with E-state index in [1.807, 2.05) is 0 Å². The first-order valence-corrected chi connectivity index (χ1v) is 11.1. The third-order valence-corrected chi connectivity index (χ3v) is 7.35. The molecule has 2 fully saturated rings. The molecule has 1 N–H and O–H groups in total. The van der Waals surface area contributed by atoms with Gasteiger partial charge >= 0.3 is 0 Å². The van der Waals surface area contributed by atoms with E-state index in [1.165, 1.54) is 16.4 Å². The maximum absolute atomic E-state index is 13.0. The zero-order chi connectivity index (χ0) is 19.3. The van der Waals surface area contributed by atoms with Gasteiger partial charge in [0.15, 0.2) is 0 Å². The number of piperidine rings is 1. The molecule has 2 saturated heterocycles. The fraction of sp³-hybridized carbons (Fsp3) is 0.632. The lowest BCUT2D eigenvalue weighted by Gasteiger charge is -2.34. The molecule has 27 heavy (non-hydrogen) atoms. The number of halogens is 1. The summed E-state index contributed by atoms with van der Waals surface area (Å²) in [6, 6.07) is 5.98. The van der Waals surface area contributed by atoms with Crippen molar-refractivity contribution >= 4 is 16.1 Å². The Hall–Kier alpha value is -1.51. The predicted molar refractivity (Wildman–Crippen MR) is 102 cm³/mol. The van der Waals surface area contributed by atoms with Gasteiger partial charge in [0.1, 0.15) is 5.82 Å². The molecule has 1 aromatic carbocycles. The zero-order valence-corrected chi connectivity index (χ0v) is 16.4. The van der Waals surface area contributed by atoms with Crippen molar-refractivity contribution in [1.29, 1.82) is 0 Å². The number of amides is 1. The van der Waals surface area contributed by atoms with Crippen LogP contribution in [0.15, 0.2) is 24.3 Å². The van der Waals surface area contributed by atoms with Gasteiger partial charge in [-0.25, -0.2) is 4.39 Å². The second kappa shape index (κ2) is 9.12. The van der Waals surface area contributed by atoms with Gasteiger partial charge in [0.25, 0.3) is 10.2 Å². The Morgan fingerprint density at radius 1 is 1.00 bits per heavy atom. The van der Waals surface area contributed by atoms with Gasteiger partial charge in [-0.05, 0) is 43.4 Å². The van der Waals surface area contributed by atoms with Crippen LogP contribution in [0.4, 0.5) is 4.39 Å². The lowest BCUT2D eigenvalue weighted by Crippen LogP contribution is -2.50. The van der Waals surface area contributed by atoms with Crippen LogP contribution >= 0.6 is 0 Å². The summed E-state index contributed by atoms with van der Waals surface area (Å²) in [6.07, 6.45) is 5.30. The second-order valence-electron chi connectivity index (χ2n) is 7.36. The third-order valence-electron chi connectivity index (χ3n) is 5.35. The van der Waals surface area contributed by atoms with E-state index < -0.39 is 10.2 Å². The van der Waals surface area contributed by atoms with E-state index in [0.717, 1.165) is 31.2 Å². The van der Waals surface area contributed by atoms with Crippen molar-refractivity contribution in [1.82, 2.24) is 13.9 Å². The Morgan fingerprint density at radius 2 is 1.63 bits per heavy atom. The Balaban J connectivity index is 1.57. The molecule has 2 aliphatic rings. The number of carbonyl (C=O) groups excluding carboxylic acids is 1. The fourth-order valence-electron chi connectivity index (χ4n) is 3.74. The Morgan fingerprint density at radius 3 is 2.30 bits per heavy atom. The molecule has 0 saturated carbocycles. The molecule has 1 aromatic rings. The van der Waals surface area contributed by atoms with Crippen molar-refractivity contribution in [2.75, 3.05) is 26.2 Å². The molecule has 2 heterocycles. The van der Waals surface area contributed by atoms with E-state index >= 15 is 0 Å². The van der Waals surface area contributed by atoms with E-state index in [9.17, 15) is 17.6 Å². The molecule has 0 radical (unpaired) electrons. The minimum absolute atomic E-state index is 0.143. The molecule has 1 atom stereocenters. The second-order valence-corrected chi connectivity index (χ2v) is 9.29. The number of nitrogens with one attached hydrogen (secondary N) is 1. The molecule has 6 nitrogen and oxygen atoms in total. The maximum Gasteiger partial charge on any atom is 0.281 e. The predicted octanol–water partition coefficient (Wildman–Crippen LogP) is 2.27. The molecule has 0 aromatic heterocycles. The van der Waals surface area contributed by atoms with E-state index in [0.29, 0.717) is 39.0 Å². The standard InChI is InChI=1S/C19H28FN3O3S/c20-18-9-7-16(8-10-18)14-21-19(24)17-6-5-13-23(15-17)27(25,26)22-11-3-1-2-4-12-22/h7-10,17H,1-6,11-15H2,(H,21,24)/t17-/m0/s1. The van der Waals surface area contributed by atoms with Crippen molar-refractivity contribution in [2.45, 2.75) is 45.1 Å². The molecule has 2 aliphatic heterocycles. The average molecular weight is 398 g/mol. The Kier molecular flexibility index (Phi) is 6.83. The molecule has 1 amide bonds. The lowest BCUT2D eigenvalue weighted by molar-refractivity contribution is -0.126. The van der Waals surface area contributed by atoms with Gasteiger partial charge < -0.3 is 5.32 Å². The minimum Gasteiger partial charge on any atom is -0.352 e. The molecule has 0 bridgehead atoms. The van der Waals surface area contributed by atoms with E-state index in [1.54, 1.807) is 16.4 Å². The molecule has 0 aliphatic carbocycles. The number of rotatable bonds is 5. The van der Waals surface area contributed by atoms with E-state index in [-0.39, 0.29) is 24.2 Å².